The van der Waals surface area contributed by atoms with Gasteiger partial charge >= 0.3 is 5.97 Å². The van der Waals surface area contributed by atoms with E-state index in [4.69, 9.17) is 4.74 Å². The molecule has 6 nitrogen and oxygen atoms in total. The van der Waals surface area contributed by atoms with Crippen molar-refractivity contribution in [3.8, 4) is 0 Å². The first-order valence-electron chi connectivity index (χ1n) is 7.84. The van der Waals surface area contributed by atoms with Crippen LogP contribution in [-0.2, 0) is 25.5 Å². The Bertz CT molecular complexity index is 562. The number of piperidine rings is 1. The van der Waals surface area contributed by atoms with Gasteiger partial charge in [-0.3, -0.25) is 14.4 Å². The minimum Gasteiger partial charge on any atom is -0.455 e. The molecule has 1 fully saturated rings. The van der Waals surface area contributed by atoms with E-state index in [1.54, 1.807) is 29.2 Å². The molecule has 0 spiro atoms. The number of rotatable bonds is 5. The van der Waals surface area contributed by atoms with Crippen LogP contribution in [0.3, 0.4) is 0 Å². The van der Waals surface area contributed by atoms with Gasteiger partial charge in [0.1, 0.15) is 0 Å². The number of amides is 2. The molecule has 0 saturated carbocycles. The number of ether oxygens (including phenoxy) is 1. The third kappa shape index (κ3) is 5.73. The number of carbonyl (C=O) groups excluding carboxylic acids is 3. The van der Waals surface area contributed by atoms with Crippen LogP contribution in [0.1, 0.15) is 31.7 Å². The molecule has 124 valence electrons. The van der Waals surface area contributed by atoms with Gasteiger partial charge in [-0.05, 0) is 37.0 Å². The lowest BCUT2D eigenvalue weighted by atomic mass is 10.1. The maximum absolute atomic E-state index is 11.9. The zero-order valence-electron chi connectivity index (χ0n) is 13.3. The monoisotopic (exact) mass is 318 g/mol. The zero-order valence-corrected chi connectivity index (χ0v) is 13.3. The highest BCUT2D eigenvalue weighted by molar-refractivity contribution is 5.88. The Kier molecular flexibility index (Phi) is 6.14. The molecule has 1 heterocycles. The quantitative estimate of drug-likeness (QED) is 0.839. The van der Waals surface area contributed by atoms with Gasteiger partial charge in [0, 0.05) is 25.7 Å². The van der Waals surface area contributed by atoms with E-state index < -0.39 is 5.97 Å². The van der Waals surface area contributed by atoms with E-state index in [0.29, 0.717) is 5.69 Å². The van der Waals surface area contributed by atoms with Crippen molar-refractivity contribution in [1.29, 1.82) is 0 Å². The fourth-order valence-electron chi connectivity index (χ4n) is 2.50. The Labute approximate surface area is 135 Å². The maximum Gasteiger partial charge on any atom is 0.310 e. The summed E-state index contributed by atoms with van der Waals surface area (Å²) in [4.78, 5) is 36.4. The van der Waals surface area contributed by atoms with E-state index >= 15 is 0 Å². The molecule has 0 aromatic heterocycles. The van der Waals surface area contributed by atoms with Crippen molar-refractivity contribution in [1.82, 2.24) is 4.90 Å². The molecule has 1 saturated heterocycles. The molecule has 1 aliphatic heterocycles. The van der Waals surface area contributed by atoms with Gasteiger partial charge in [0.15, 0.2) is 6.61 Å². The number of anilines is 1. The first-order chi connectivity index (χ1) is 11.0. The van der Waals surface area contributed by atoms with Crippen molar-refractivity contribution in [2.45, 2.75) is 32.6 Å². The van der Waals surface area contributed by atoms with Crippen molar-refractivity contribution >= 4 is 23.5 Å². The average molecular weight is 318 g/mol. The van der Waals surface area contributed by atoms with Gasteiger partial charge in [0.25, 0.3) is 5.91 Å². The summed E-state index contributed by atoms with van der Waals surface area (Å²) in [6.45, 7) is 2.75. The Morgan fingerprint density at radius 3 is 2.35 bits per heavy atom. The van der Waals surface area contributed by atoms with Crippen LogP contribution in [0.5, 0.6) is 0 Å². The molecular formula is C17H22N2O4. The van der Waals surface area contributed by atoms with Crippen molar-refractivity contribution < 1.29 is 19.1 Å². The van der Waals surface area contributed by atoms with Crippen molar-refractivity contribution in [2.75, 3.05) is 25.0 Å². The summed E-state index contributed by atoms with van der Waals surface area (Å²) in [5.74, 6) is -0.699. The van der Waals surface area contributed by atoms with Crippen molar-refractivity contribution in [3.63, 3.8) is 0 Å². The lowest BCUT2D eigenvalue weighted by Gasteiger charge is -2.26. The first-order valence-corrected chi connectivity index (χ1v) is 7.84. The first kappa shape index (κ1) is 17.0. The molecule has 1 aliphatic rings. The maximum atomic E-state index is 11.9. The largest absolute Gasteiger partial charge is 0.455 e. The van der Waals surface area contributed by atoms with Crippen molar-refractivity contribution in [2.24, 2.45) is 0 Å². The number of nitrogens with zero attached hydrogens (tertiary/aromatic N) is 1. The van der Waals surface area contributed by atoms with E-state index in [0.717, 1.165) is 37.9 Å². The summed E-state index contributed by atoms with van der Waals surface area (Å²) in [7, 11) is 0. The minimum absolute atomic E-state index is 0.105. The number of hydrogen-bond acceptors (Lipinski definition) is 4. The number of nitrogens with one attached hydrogen (secondary N) is 1. The average Bonchev–Trinajstić information content (AvgIpc) is 2.55. The highest BCUT2D eigenvalue weighted by Gasteiger charge is 2.17. The van der Waals surface area contributed by atoms with Crippen LogP contribution >= 0.6 is 0 Å². The van der Waals surface area contributed by atoms with Crippen LogP contribution in [0.2, 0.25) is 0 Å². The van der Waals surface area contributed by atoms with Crippen molar-refractivity contribution in [3.05, 3.63) is 29.8 Å². The fraction of sp³-hybridized carbons (Fsp3) is 0.471. The van der Waals surface area contributed by atoms with Gasteiger partial charge in [-0.1, -0.05) is 12.1 Å². The van der Waals surface area contributed by atoms with E-state index in [1.165, 1.54) is 6.92 Å². The van der Waals surface area contributed by atoms with Crippen LogP contribution in [0.15, 0.2) is 24.3 Å². The molecule has 0 atom stereocenters. The number of benzene rings is 1. The molecular weight excluding hydrogens is 296 g/mol. The molecule has 0 radical (unpaired) electrons. The summed E-state index contributed by atoms with van der Waals surface area (Å²) in [5, 5.41) is 2.66. The second kappa shape index (κ2) is 8.31. The number of esters is 1. The Morgan fingerprint density at radius 2 is 1.74 bits per heavy atom. The van der Waals surface area contributed by atoms with Gasteiger partial charge < -0.3 is 15.0 Å². The molecule has 1 N–H and O–H groups in total. The summed E-state index contributed by atoms with van der Waals surface area (Å²) in [6.07, 6.45) is 3.28. The van der Waals surface area contributed by atoms with Gasteiger partial charge in [0.05, 0.1) is 6.42 Å². The zero-order chi connectivity index (χ0) is 16.7. The molecule has 0 bridgehead atoms. The lowest BCUT2D eigenvalue weighted by Crippen LogP contribution is -2.38. The summed E-state index contributed by atoms with van der Waals surface area (Å²) >= 11 is 0. The number of carbonyl (C=O) groups is 3. The van der Waals surface area contributed by atoms with Gasteiger partial charge in [-0.2, -0.15) is 0 Å². The lowest BCUT2D eigenvalue weighted by molar-refractivity contribution is -0.151. The Balaban J connectivity index is 1.75. The fourth-order valence-corrected chi connectivity index (χ4v) is 2.50. The van der Waals surface area contributed by atoms with Crippen LogP contribution in [0.4, 0.5) is 5.69 Å². The van der Waals surface area contributed by atoms with E-state index in [2.05, 4.69) is 5.32 Å². The topological polar surface area (TPSA) is 75.7 Å². The third-order valence-corrected chi connectivity index (χ3v) is 3.69. The molecule has 0 aliphatic carbocycles. The molecule has 23 heavy (non-hydrogen) atoms. The van der Waals surface area contributed by atoms with Crippen LogP contribution in [0.25, 0.3) is 0 Å². The van der Waals surface area contributed by atoms with Gasteiger partial charge in [-0.25, -0.2) is 0 Å². The molecule has 0 unspecified atom stereocenters. The Hall–Kier alpha value is -2.37. The second-order valence-electron chi connectivity index (χ2n) is 5.66. The van der Waals surface area contributed by atoms with E-state index in [9.17, 15) is 14.4 Å². The summed E-state index contributed by atoms with van der Waals surface area (Å²) in [5.41, 5.74) is 1.45. The predicted octanol–water partition coefficient (Wildman–Crippen LogP) is 1.74. The standard InChI is InChI=1S/C17H22N2O4/c1-13(20)18-15-7-5-14(6-8-15)11-17(22)23-12-16(21)19-9-3-2-4-10-19/h5-8H,2-4,9-12H2,1H3,(H,18,20). The van der Waals surface area contributed by atoms with Crippen LogP contribution in [-0.4, -0.2) is 42.4 Å². The highest BCUT2D eigenvalue weighted by atomic mass is 16.5. The van der Waals surface area contributed by atoms with Gasteiger partial charge in [0.2, 0.25) is 5.91 Å². The number of likely N-dealkylation sites (tertiary alicyclic amines) is 1. The Morgan fingerprint density at radius 1 is 1.09 bits per heavy atom. The van der Waals surface area contributed by atoms with E-state index in [-0.39, 0.29) is 24.8 Å². The third-order valence-electron chi connectivity index (χ3n) is 3.69. The SMILES string of the molecule is CC(=O)Nc1ccc(CC(=O)OCC(=O)N2CCCCC2)cc1. The predicted molar refractivity (Wildman–Crippen MR) is 85.8 cm³/mol. The molecule has 6 heteroatoms. The number of hydrogen-bond donors (Lipinski definition) is 1. The van der Waals surface area contributed by atoms with Gasteiger partial charge in [-0.15, -0.1) is 0 Å². The highest BCUT2D eigenvalue weighted by Crippen LogP contribution is 2.11. The summed E-state index contributed by atoms with van der Waals surface area (Å²) in [6, 6.07) is 6.95. The van der Waals surface area contributed by atoms with Crippen LogP contribution < -0.4 is 5.32 Å². The van der Waals surface area contributed by atoms with Crippen LogP contribution in [0, 0.1) is 0 Å². The molecule has 1 aromatic carbocycles. The molecule has 2 rings (SSSR count). The normalized spacial score (nSPS) is 14.2. The summed E-state index contributed by atoms with van der Waals surface area (Å²) < 4.78 is 5.06. The van der Waals surface area contributed by atoms with E-state index in [1.807, 2.05) is 0 Å². The molecule has 2 amide bonds. The smallest absolute Gasteiger partial charge is 0.310 e. The second-order valence-corrected chi connectivity index (χ2v) is 5.66. The minimum atomic E-state index is -0.428. The molecule has 1 aromatic rings.